The largest absolute Gasteiger partial charge is 0.378 e. The van der Waals surface area contributed by atoms with Crippen molar-refractivity contribution in [2.24, 2.45) is 5.41 Å². The van der Waals surface area contributed by atoms with E-state index in [9.17, 15) is 4.79 Å². The molecule has 1 amide bonds. The van der Waals surface area contributed by atoms with Crippen LogP contribution in [-0.4, -0.2) is 32.2 Å². The van der Waals surface area contributed by atoms with Gasteiger partial charge in [-0.05, 0) is 37.6 Å². The molecule has 1 saturated heterocycles. The van der Waals surface area contributed by atoms with Gasteiger partial charge in [-0.1, -0.05) is 6.92 Å². The summed E-state index contributed by atoms with van der Waals surface area (Å²) in [5.41, 5.74) is 0.852. The summed E-state index contributed by atoms with van der Waals surface area (Å²) in [5, 5.41) is 11.9. The summed E-state index contributed by atoms with van der Waals surface area (Å²) in [7, 11) is 0. The molecule has 1 aromatic rings. The number of nitrogens with one attached hydrogen (secondary N) is 1. The summed E-state index contributed by atoms with van der Waals surface area (Å²) in [6.07, 6.45) is 0.487. The van der Waals surface area contributed by atoms with Crippen LogP contribution in [0.25, 0.3) is 0 Å². The van der Waals surface area contributed by atoms with Crippen molar-refractivity contribution >= 4 is 17.3 Å². The van der Waals surface area contributed by atoms with E-state index in [1.165, 1.54) is 0 Å². The number of hydrogen-bond donors (Lipinski definition) is 1. The van der Waals surface area contributed by atoms with E-state index < -0.39 is 5.41 Å². The van der Waals surface area contributed by atoms with Crippen LogP contribution in [0, 0.1) is 16.7 Å². The minimum atomic E-state index is -0.983. The molecule has 0 saturated carbocycles. The Morgan fingerprint density at radius 1 is 1.38 bits per heavy atom. The highest BCUT2D eigenvalue weighted by Gasteiger charge is 2.31. The maximum absolute atomic E-state index is 12.1. The third-order valence-corrected chi connectivity index (χ3v) is 3.96. The van der Waals surface area contributed by atoms with Gasteiger partial charge in [0.2, 0.25) is 5.91 Å². The molecule has 0 aliphatic carbocycles. The lowest BCUT2D eigenvalue weighted by Gasteiger charge is -2.29. The molecule has 5 heteroatoms. The van der Waals surface area contributed by atoms with Gasteiger partial charge in [0.05, 0.1) is 19.3 Å². The summed E-state index contributed by atoms with van der Waals surface area (Å²) >= 11 is 0. The minimum absolute atomic E-state index is 0.258. The molecule has 0 radical (unpaired) electrons. The molecule has 1 unspecified atom stereocenters. The zero-order chi connectivity index (χ0) is 15.3. The van der Waals surface area contributed by atoms with Crippen LogP contribution in [0.15, 0.2) is 24.3 Å². The van der Waals surface area contributed by atoms with Gasteiger partial charge >= 0.3 is 0 Å². The van der Waals surface area contributed by atoms with Gasteiger partial charge in [-0.15, -0.1) is 0 Å². The standard InChI is InChI=1S/C16H21N3O2/c1-3-16(2,12-17)15(20)18-13-4-6-14(7-5-13)19-8-10-21-11-9-19/h4-7H,3,8-11H2,1-2H3,(H,18,20). The highest BCUT2D eigenvalue weighted by Crippen LogP contribution is 2.24. The van der Waals surface area contributed by atoms with Gasteiger partial charge in [-0.3, -0.25) is 4.79 Å². The fourth-order valence-electron chi connectivity index (χ4n) is 2.14. The second-order valence-corrected chi connectivity index (χ2v) is 5.40. The molecule has 5 nitrogen and oxygen atoms in total. The van der Waals surface area contributed by atoms with Gasteiger partial charge in [-0.25, -0.2) is 0 Å². The topological polar surface area (TPSA) is 65.4 Å². The third-order valence-electron chi connectivity index (χ3n) is 3.96. The SMILES string of the molecule is CCC(C)(C#N)C(=O)Nc1ccc(N2CCOCC2)cc1. The lowest BCUT2D eigenvalue weighted by atomic mass is 9.88. The van der Waals surface area contributed by atoms with Gasteiger partial charge in [0.15, 0.2) is 0 Å². The number of carbonyl (C=O) groups is 1. The number of amides is 1. The lowest BCUT2D eigenvalue weighted by Crippen LogP contribution is -2.36. The molecule has 2 rings (SSSR count). The number of morpholine rings is 1. The first-order valence-electron chi connectivity index (χ1n) is 7.24. The maximum atomic E-state index is 12.1. The molecule has 0 spiro atoms. The number of nitrogens with zero attached hydrogens (tertiary/aromatic N) is 2. The molecule has 1 aromatic carbocycles. The molecule has 1 fully saturated rings. The highest BCUT2D eigenvalue weighted by atomic mass is 16.5. The van der Waals surface area contributed by atoms with Crippen LogP contribution in [0.4, 0.5) is 11.4 Å². The van der Waals surface area contributed by atoms with Crippen LogP contribution in [-0.2, 0) is 9.53 Å². The number of benzene rings is 1. The highest BCUT2D eigenvalue weighted by molar-refractivity contribution is 5.97. The number of anilines is 2. The Morgan fingerprint density at radius 3 is 2.52 bits per heavy atom. The first-order valence-corrected chi connectivity index (χ1v) is 7.24. The molecular weight excluding hydrogens is 266 g/mol. The molecule has 0 aromatic heterocycles. The number of hydrogen-bond acceptors (Lipinski definition) is 4. The second kappa shape index (κ2) is 6.59. The summed E-state index contributed by atoms with van der Waals surface area (Å²) in [6, 6.07) is 9.78. The quantitative estimate of drug-likeness (QED) is 0.923. The Morgan fingerprint density at radius 2 is 2.00 bits per heavy atom. The van der Waals surface area contributed by atoms with E-state index in [-0.39, 0.29) is 5.91 Å². The van der Waals surface area contributed by atoms with E-state index in [1.807, 2.05) is 31.2 Å². The van der Waals surface area contributed by atoms with Crippen molar-refractivity contribution in [3.8, 4) is 6.07 Å². The molecule has 112 valence electrons. The van der Waals surface area contributed by atoms with Crippen molar-refractivity contribution in [3.63, 3.8) is 0 Å². The summed E-state index contributed by atoms with van der Waals surface area (Å²) in [6.45, 7) is 6.75. The number of ether oxygens (including phenoxy) is 1. The normalized spacial score (nSPS) is 17.7. The lowest BCUT2D eigenvalue weighted by molar-refractivity contribution is -0.122. The zero-order valence-corrected chi connectivity index (χ0v) is 12.6. The Labute approximate surface area is 125 Å². The average molecular weight is 287 g/mol. The van der Waals surface area contributed by atoms with E-state index in [0.717, 1.165) is 32.0 Å². The number of nitriles is 1. The third kappa shape index (κ3) is 3.53. The maximum Gasteiger partial charge on any atom is 0.244 e. The predicted octanol–water partition coefficient (Wildman–Crippen LogP) is 2.40. The monoisotopic (exact) mass is 287 g/mol. The van der Waals surface area contributed by atoms with E-state index >= 15 is 0 Å². The van der Waals surface area contributed by atoms with Crippen molar-refractivity contribution in [2.45, 2.75) is 20.3 Å². The Hall–Kier alpha value is -2.06. The first kappa shape index (κ1) is 15.3. The number of carbonyl (C=O) groups excluding carboxylic acids is 1. The summed E-state index contributed by atoms with van der Waals surface area (Å²) < 4.78 is 5.33. The average Bonchev–Trinajstić information content (AvgIpc) is 2.55. The Kier molecular flexibility index (Phi) is 4.81. The van der Waals surface area contributed by atoms with Gasteiger partial charge in [0.1, 0.15) is 5.41 Å². The van der Waals surface area contributed by atoms with Crippen LogP contribution < -0.4 is 10.2 Å². The van der Waals surface area contributed by atoms with Crippen LogP contribution >= 0.6 is 0 Å². The Bertz CT molecular complexity index is 529. The molecule has 21 heavy (non-hydrogen) atoms. The van der Waals surface area contributed by atoms with Crippen molar-refractivity contribution in [2.75, 3.05) is 36.5 Å². The molecule has 1 aliphatic heterocycles. The second-order valence-electron chi connectivity index (χ2n) is 5.40. The molecule has 1 heterocycles. The van der Waals surface area contributed by atoms with Crippen LogP contribution in [0.3, 0.4) is 0 Å². The smallest absolute Gasteiger partial charge is 0.244 e. The predicted molar refractivity (Wildman–Crippen MR) is 82.1 cm³/mol. The van der Waals surface area contributed by atoms with Crippen molar-refractivity contribution in [3.05, 3.63) is 24.3 Å². The van der Waals surface area contributed by atoms with Crippen LogP contribution in [0.1, 0.15) is 20.3 Å². The summed E-state index contributed by atoms with van der Waals surface area (Å²) in [5.74, 6) is -0.258. The molecule has 0 bridgehead atoms. The first-order chi connectivity index (χ1) is 10.1. The van der Waals surface area contributed by atoms with E-state index in [2.05, 4.69) is 16.3 Å². The van der Waals surface area contributed by atoms with Crippen molar-refractivity contribution in [1.82, 2.24) is 0 Å². The van der Waals surface area contributed by atoms with E-state index in [4.69, 9.17) is 10.00 Å². The molecule has 1 aliphatic rings. The van der Waals surface area contributed by atoms with Gasteiger partial charge in [0.25, 0.3) is 0 Å². The number of rotatable bonds is 4. The fourth-order valence-corrected chi connectivity index (χ4v) is 2.14. The van der Waals surface area contributed by atoms with Crippen LogP contribution in [0.5, 0.6) is 0 Å². The minimum Gasteiger partial charge on any atom is -0.378 e. The van der Waals surface area contributed by atoms with Crippen molar-refractivity contribution < 1.29 is 9.53 Å². The zero-order valence-electron chi connectivity index (χ0n) is 12.6. The van der Waals surface area contributed by atoms with Crippen molar-refractivity contribution in [1.29, 1.82) is 5.26 Å². The molecule has 1 N–H and O–H groups in total. The Balaban J connectivity index is 2.02. The van der Waals surface area contributed by atoms with E-state index in [1.54, 1.807) is 6.92 Å². The van der Waals surface area contributed by atoms with Crippen LogP contribution in [0.2, 0.25) is 0 Å². The molecular formula is C16H21N3O2. The van der Waals surface area contributed by atoms with Gasteiger partial charge < -0.3 is 15.0 Å². The summed E-state index contributed by atoms with van der Waals surface area (Å²) in [4.78, 5) is 14.4. The fraction of sp³-hybridized carbons (Fsp3) is 0.500. The van der Waals surface area contributed by atoms with E-state index in [0.29, 0.717) is 12.1 Å². The van der Waals surface area contributed by atoms with Gasteiger partial charge in [-0.2, -0.15) is 5.26 Å². The van der Waals surface area contributed by atoms with Gasteiger partial charge in [0, 0.05) is 24.5 Å². The molecule has 1 atom stereocenters.